The molecular weight excluding hydrogens is 268 g/mol. The van der Waals surface area contributed by atoms with E-state index in [1.54, 1.807) is 11.9 Å². The minimum Gasteiger partial charge on any atom is -0.324 e. The van der Waals surface area contributed by atoms with Gasteiger partial charge in [0.25, 0.3) is 0 Å². The molecule has 0 saturated heterocycles. The largest absolute Gasteiger partial charge is 0.348 e. The van der Waals surface area contributed by atoms with Crippen LogP contribution in [-0.4, -0.2) is 21.9 Å². The van der Waals surface area contributed by atoms with Gasteiger partial charge in [0.2, 0.25) is 11.0 Å². The van der Waals surface area contributed by atoms with Crippen molar-refractivity contribution in [1.82, 2.24) is 9.97 Å². The van der Waals surface area contributed by atoms with E-state index in [0.29, 0.717) is 0 Å². The first-order chi connectivity index (χ1) is 9.00. The molecule has 0 aliphatic heterocycles. The Morgan fingerprint density at radius 1 is 1.26 bits per heavy atom. The number of halogens is 1. The Kier molecular flexibility index (Phi) is 3.62. The van der Waals surface area contributed by atoms with Crippen molar-refractivity contribution in [2.24, 2.45) is 0 Å². The second-order valence-electron chi connectivity index (χ2n) is 3.99. The number of nitro groups is 1. The zero-order valence-electron chi connectivity index (χ0n) is 10.4. The van der Waals surface area contributed by atoms with Gasteiger partial charge in [-0.3, -0.25) is 10.1 Å². The monoisotopic (exact) mass is 278 g/mol. The van der Waals surface area contributed by atoms with Crippen LogP contribution in [0.25, 0.3) is 0 Å². The third kappa shape index (κ3) is 2.63. The van der Waals surface area contributed by atoms with Gasteiger partial charge in [-0.2, -0.15) is 0 Å². The van der Waals surface area contributed by atoms with Gasteiger partial charge >= 0.3 is 5.69 Å². The van der Waals surface area contributed by atoms with Crippen molar-refractivity contribution in [3.8, 4) is 0 Å². The zero-order valence-corrected chi connectivity index (χ0v) is 11.1. The Hall–Kier alpha value is -2.21. The fourth-order valence-corrected chi connectivity index (χ4v) is 1.84. The van der Waals surface area contributed by atoms with E-state index in [1.165, 1.54) is 6.33 Å². The van der Waals surface area contributed by atoms with Crippen LogP contribution in [0, 0.1) is 17.0 Å². The molecule has 0 fully saturated rings. The minimum atomic E-state index is -0.581. The molecule has 2 aromatic rings. The lowest BCUT2D eigenvalue weighted by molar-refractivity contribution is -0.384. The predicted octanol–water partition coefficient (Wildman–Crippen LogP) is 3.11. The summed E-state index contributed by atoms with van der Waals surface area (Å²) >= 11 is 5.76. The van der Waals surface area contributed by atoms with Crippen LogP contribution in [0.1, 0.15) is 5.56 Å². The molecule has 0 N–H and O–H groups in total. The van der Waals surface area contributed by atoms with Crippen LogP contribution < -0.4 is 4.90 Å². The van der Waals surface area contributed by atoms with Gasteiger partial charge in [0, 0.05) is 12.7 Å². The molecule has 1 aromatic carbocycles. The summed E-state index contributed by atoms with van der Waals surface area (Å²) in [5.74, 6) is 0.161. The molecule has 98 valence electrons. The molecule has 1 aromatic heterocycles. The lowest BCUT2D eigenvalue weighted by Crippen LogP contribution is -2.14. The summed E-state index contributed by atoms with van der Waals surface area (Å²) in [5, 5.41) is 10.9. The van der Waals surface area contributed by atoms with Crippen LogP contribution in [0.15, 0.2) is 30.6 Å². The molecule has 0 saturated carbocycles. The van der Waals surface area contributed by atoms with Crippen molar-refractivity contribution >= 4 is 28.8 Å². The Morgan fingerprint density at radius 3 is 2.47 bits per heavy atom. The van der Waals surface area contributed by atoms with Gasteiger partial charge in [-0.15, -0.1) is 0 Å². The fourth-order valence-electron chi connectivity index (χ4n) is 1.64. The van der Waals surface area contributed by atoms with E-state index in [0.717, 1.165) is 11.3 Å². The molecule has 1 heterocycles. The Morgan fingerprint density at radius 2 is 1.89 bits per heavy atom. The van der Waals surface area contributed by atoms with Crippen molar-refractivity contribution in [2.45, 2.75) is 6.92 Å². The van der Waals surface area contributed by atoms with E-state index in [-0.39, 0.29) is 16.7 Å². The first-order valence-electron chi connectivity index (χ1n) is 5.46. The smallest absolute Gasteiger partial charge is 0.324 e. The lowest BCUT2D eigenvalue weighted by atomic mass is 10.2. The number of benzene rings is 1. The van der Waals surface area contributed by atoms with Crippen molar-refractivity contribution < 1.29 is 4.92 Å². The lowest BCUT2D eigenvalue weighted by Gasteiger charge is -2.18. The van der Waals surface area contributed by atoms with E-state index in [2.05, 4.69) is 9.97 Å². The first kappa shape index (κ1) is 13.2. The Bertz CT molecular complexity index is 616. The maximum absolute atomic E-state index is 11.0. The van der Waals surface area contributed by atoms with Gasteiger partial charge in [-0.25, -0.2) is 9.97 Å². The Balaban J connectivity index is 2.49. The number of hydrogen-bond acceptors (Lipinski definition) is 5. The molecule has 0 unspecified atom stereocenters. The average molecular weight is 279 g/mol. The van der Waals surface area contributed by atoms with Crippen molar-refractivity contribution in [1.29, 1.82) is 0 Å². The molecule has 0 aliphatic rings. The number of aryl methyl sites for hydroxylation is 1. The molecular formula is C12H11ClN4O2. The molecule has 0 aliphatic carbocycles. The van der Waals surface area contributed by atoms with Crippen LogP contribution in [0.5, 0.6) is 0 Å². The van der Waals surface area contributed by atoms with Crippen LogP contribution in [0.2, 0.25) is 5.15 Å². The minimum absolute atomic E-state index is 0.161. The van der Waals surface area contributed by atoms with Crippen molar-refractivity contribution in [3.63, 3.8) is 0 Å². The number of anilines is 2. The van der Waals surface area contributed by atoms with Gasteiger partial charge in [0.05, 0.1) is 4.92 Å². The molecule has 2 rings (SSSR count). The van der Waals surface area contributed by atoms with Crippen LogP contribution in [0.4, 0.5) is 17.2 Å². The van der Waals surface area contributed by atoms with Crippen molar-refractivity contribution in [3.05, 3.63) is 51.4 Å². The van der Waals surface area contributed by atoms with Crippen molar-refractivity contribution in [2.75, 3.05) is 11.9 Å². The highest BCUT2D eigenvalue weighted by atomic mass is 35.5. The highest BCUT2D eigenvalue weighted by molar-refractivity contribution is 6.31. The third-order valence-electron chi connectivity index (χ3n) is 2.68. The average Bonchev–Trinajstić information content (AvgIpc) is 2.38. The summed E-state index contributed by atoms with van der Waals surface area (Å²) in [6.07, 6.45) is 1.20. The van der Waals surface area contributed by atoms with Gasteiger partial charge in [0.1, 0.15) is 6.33 Å². The molecule has 0 spiro atoms. The first-order valence-corrected chi connectivity index (χ1v) is 5.84. The topological polar surface area (TPSA) is 72.2 Å². The van der Waals surface area contributed by atoms with Gasteiger partial charge in [0.15, 0.2) is 0 Å². The van der Waals surface area contributed by atoms with Gasteiger partial charge in [-0.05, 0) is 19.1 Å². The van der Waals surface area contributed by atoms with E-state index in [4.69, 9.17) is 11.6 Å². The molecule has 19 heavy (non-hydrogen) atoms. The van der Waals surface area contributed by atoms with Gasteiger partial charge in [-0.1, -0.05) is 29.3 Å². The van der Waals surface area contributed by atoms with Crippen LogP contribution >= 0.6 is 11.6 Å². The molecule has 0 radical (unpaired) electrons. The summed E-state index contributed by atoms with van der Waals surface area (Å²) < 4.78 is 0. The molecule has 0 amide bonds. The molecule has 0 bridgehead atoms. The quantitative estimate of drug-likeness (QED) is 0.490. The standard InChI is InChI=1S/C12H11ClN4O2/c1-8-3-5-9(6-4-8)16(2)12-10(17(18)19)11(13)14-7-15-12/h3-7H,1-2H3. The maximum Gasteiger partial charge on any atom is 0.348 e. The fraction of sp³-hybridized carbons (Fsp3) is 0.167. The van der Waals surface area contributed by atoms with Crippen LogP contribution in [0.3, 0.4) is 0 Å². The summed E-state index contributed by atoms with van der Waals surface area (Å²) in [6.45, 7) is 1.97. The van der Waals surface area contributed by atoms with E-state index < -0.39 is 4.92 Å². The highest BCUT2D eigenvalue weighted by Crippen LogP contribution is 2.34. The predicted molar refractivity (Wildman–Crippen MR) is 72.9 cm³/mol. The number of hydrogen-bond donors (Lipinski definition) is 0. The van der Waals surface area contributed by atoms with Crippen LogP contribution in [-0.2, 0) is 0 Å². The Labute approximate surface area is 114 Å². The second-order valence-corrected chi connectivity index (χ2v) is 4.35. The normalized spacial score (nSPS) is 10.3. The van der Waals surface area contributed by atoms with E-state index in [1.807, 2.05) is 31.2 Å². The zero-order chi connectivity index (χ0) is 14.0. The summed E-state index contributed by atoms with van der Waals surface area (Å²) in [6, 6.07) is 7.55. The van der Waals surface area contributed by atoms with Gasteiger partial charge < -0.3 is 4.90 Å². The summed E-state index contributed by atoms with van der Waals surface area (Å²) in [7, 11) is 1.69. The number of nitrogens with zero attached hydrogens (tertiary/aromatic N) is 4. The van der Waals surface area contributed by atoms with E-state index in [9.17, 15) is 10.1 Å². The maximum atomic E-state index is 11.0. The second kappa shape index (κ2) is 5.19. The third-order valence-corrected chi connectivity index (χ3v) is 2.96. The molecule has 6 nitrogen and oxygen atoms in total. The highest BCUT2D eigenvalue weighted by Gasteiger charge is 2.24. The molecule has 0 atom stereocenters. The number of aromatic nitrogens is 2. The van der Waals surface area contributed by atoms with E-state index >= 15 is 0 Å². The molecule has 7 heteroatoms. The summed E-state index contributed by atoms with van der Waals surface area (Å²) in [5.41, 5.74) is 1.59. The SMILES string of the molecule is Cc1ccc(N(C)c2ncnc(Cl)c2[N+](=O)[O-])cc1. The summed E-state index contributed by atoms with van der Waals surface area (Å²) in [4.78, 5) is 19.7. The number of rotatable bonds is 3.